The summed E-state index contributed by atoms with van der Waals surface area (Å²) in [6.07, 6.45) is 2.09. The van der Waals surface area contributed by atoms with E-state index < -0.39 is 0 Å². The van der Waals surface area contributed by atoms with E-state index in [2.05, 4.69) is 18.7 Å². The lowest BCUT2D eigenvalue weighted by Gasteiger charge is -2.17. The Balaban J connectivity index is 1.56. The highest BCUT2D eigenvalue weighted by Gasteiger charge is 2.49. The van der Waals surface area contributed by atoms with Gasteiger partial charge in [0.2, 0.25) is 0 Å². The first kappa shape index (κ1) is 18.0. The lowest BCUT2D eigenvalue weighted by molar-refractivity contribution is -0.145. The topological polar surface area (TPSA) is 59.8 Å². The van der Waals surface area contributed by atoms with Gasteiger partial charge in [0.1, 0.15) is 6.61 Å². The summed E-state index contributed by atoms with van der Waals surface area (Å²) in [5.74, 6) is -0.971. The van der Waals surface area contributed by atoms with Crippen molar-refractivity contribution in [2.24, 2.45) is 11.8 Å². The van der Waals surface area contributed by atoms with Gasteiger partial charge in [0.15, 0.2) is 11.4 Å². The number of furan rings is 1. The molecule has 0 unspecified atom stereocenters. The molecule has 25 heavy (non-hydrogen) atoms. The Hall–Kier alpha value is -1.85. The van der Waals surface area contributed by atoms with Crippen molar-refractivity contribution >= 4 is 34.3 Å². The highest BCUT2D eigenvalue weighted by atomic mass is 35.5. The first-order valence-electron chi connectivity index (χ1n) is 8.65. The molecule has 0 amide bonds. The number of ether oxygens (including phenoxy) is 1. The fourth-order valence-corrected chi connectivity index (χ4v) is 3.33. The minimum absolute atomic E-state index is 0.0595. The Bertz CT molecular complexity index is 781. The molecule has 0 radical (unpaired) electrons. The fourth-order valence-electron chi connectivity index (χ4n) is 3.06. The molecule has 1 fully saturated rings. The van der Waals surface area contributed by atoms with Crippen LogP contribution in [-0.4, -0.2) is 42.9 Å². The highest BCUT2D eigenvalue weighted by molar-refractivity contribution is 6.35. The highest BCUT2D eigenvalue weighted by Crippen LogP contribution is 2.42. The average molecular weight is 364 g/mol. The number of benzene rings is 1. The van der Waals surface area contributed by atoms with Gasteiger partial charge in [0.25, 0.3) is 0 Å². The molecule has 2 atom stereocenters. The molecule has 1 aromatic carbocycles. The van der Waals surface area contributed by atoms with Crippen LogP contribution < -0.4 is 0 Å². The third kappa shape index (κ3) is 3.88. The summed E-state index contributed by atoms with van der Waals surface area (Å²) in [6.45, 7) is 7.08. The Morgan fingerprint density at radius 3 is 2.76 bits per heavy atom. The monoisotopic (exact) mass is 363 g/mol. The summed E-state index contributed by atoms with van der Waals surface area (Å²) >= 11 is 6.16. The number of esters is 1. The van der Waals surface area contributed by atoms with Gasteiger partial charge in [-0.2, -0.15) is 0 Å². The number of Topliss-reactive ketones (excluding diaryl/α,β-unsaturated/α-hetero) is 1. The standard InChI is InChI=1S/C19H22ClNO4/c1-3-21(4-2)6-8-25-19(23)15-11-14(15)17(22)13-9-12-5-7-24-18(12)16(20)10-13/h5,7,9-10,14-15H,3-4,6,8,11H2,1-2H3/t14-,15-/m0/s1. The molecule has 1 saturated carbocycles. The van der Waals surface area contributed by atoms with Crippen molar-refractivity contribution in [2.45, 2.75) is 20.3 Å². The van der Waals surface area contributed by atoms with E-state index in [1.807, 2.05) is 0 Å². The molecular weight excluding hydrogens is 342 g/mol. The summed E-state index contributed by atoms with van der Waals surface area (Å²) in [5.41, 5.74) is 1.09. The van der Waals surface area contributed by atoms with Crippen LogP contribution in [0.1, 0.15) is 30.6 Å². The second-order valence-corrected chi connectivity index (χ2v) is 6.71. The van der Waals surface area contributed by atoms with E-state index in [9.17, 15) is 9.59 Å². The number of hydrogen-bond donors (Lipinski definition) is 0. The zero-order valence-corrected chi connectivity index (χ0v) is 15.2. The summed E-state index contributed by atoms with van der Waals surface area (Å²) in [6, 6.07) is 5.13. The van der Waals surface area contributed by atoms with E-state index in [1.165, 1.54) is 6.26 Å². The molecule has 1 aliphatic rings. The van der Waals surface area contributed by atoms with Crippen molar-refractivity contribution in [3.05, 3.63) is 35.0 Å². The van der Waals surface area contributed by atoms with Gasteiger partial charge in [-0.3, -0.25) is 9.59 Å². The molecule has 0 saturated heterocycles. The molecule has 2 aromatic rings. The SMILES string of the molecule is CCN(CC)CCOC(=O)[C@H]1C[C@@H]1C(=O)c1cc(Cl)c2occc2c1. The molecule has 6 heteroatoms. The van der Waals surface area contributed by atoms with E-state index in [0.717, 1.165) is 25.0 Å². The number of halogens is 1. The second kappa shape index (κ2) is 7.58. The van der Waals surface area contributed by atoms with E-state index in [1.54, 1.807) is 18.2 Å². The number of ketones is 1. The van der Waals surface area contributed by atoms with Crippen molar-refractivity contribution < 1.29 is 18.7 Å². The molecule has 0 aliphatic heterocycles. The van der Waals surface area contributed by atoms with E-state index >= 15 is 0 Å². The van der Waals surface area contributed by atoms with Gasteiger partial charge in [0.05, 0.1) is 17.2 Å². The van der Waals surface area contributed by atoms with Crippen LogP contribution in [0.4, 0.5) is 0 Å². The van der Waals surface area contributed by atoms with Gasteiger partial charge >= 0.3 is 5.97 Å². The summed E-state index contributed by atoms with van der Waals surface area (Å²) in [4.78, 5) is 26.9. The average Bonchev–Trinajstić information content (AvgIpc) is 3.27. The lowest BCUT2D eigenvalue weighted by Crippen LogP contribution is -2.28. The van der Waals surface area contributed by atoms with Crippen LogP contribution in [0.15, 0.2) is 28.9 Å². The minimum atomic E-state index is -0.331. The quantitative estimate of drug-likeness (QED) is 0.527. The van der Waals surface area contributed by atoms with Gasteiger partial charge in [-0.25, -0.2) is 0 Å². The van der Waals surface area contributed by atoms with Gasteiger partial charge in [-0.05, 0) is 37.7 Å². The maximum atomic E-state index is 12.6. The van der Waals surface area contributed by atoms with Crippen LogP contribution in [0, 0.1) is 11.8 Å². The Labute approximate surface area is 151 Å². The number of hydrogen-bond acceptors (Lipinski definition) is 5. The fraction of sp³-hybridized carbons (Fsp3) is 0.474. The molecule has 1 aromatic heterocycles. The van der Waals surface area contributed by atoms with Crippen LogP contribution in [0.25, 0.3) is 11.0 Å². The smallest absolute Gasteiger partial charge is 0.309 e. The summed E-state index contributed by atoms with van der Waals surface area (Å²) < 4.78 is 10.6. The molecule has 1 heterocycles. The first-order chi connectivity index (χ1) is 12.0. The van der Waals surface area contributed by atoms with Crippen molar-refractivity contribution in [1.82, 2.24) is 4.90 Å². The third-order valence-corrected chi connectivity index (χ3v) is 5.05. The van der Waals surface area contributed by atoms with Crippen LogP contribution in [-0.2, 0) is 9.53 Å². The Kier molecular flexibility index (Phi) is 5.45. The predicted molar refractivity (Wildman–Crippen MR) is 95.9 cm³/mol. The Morgan fingerprint density at radius 1 is 1.28 bits per heavy atom. The normalized spacial score (nSPS) is 19.4. The lowest BCUT2D eigenvalue weighted by atomic mass is 10.0. The van der Waals surface area contributed by atoms with Crippen LogP contribution in [0.3, 0.4) is 0 Å². The number of likely N-dealkylation sites (N-methyl/N-ethyl adjacent to an activating group) is 1. The maximum absolute atomic E-state index is 12.6. The number of fused-ring (bicyclic) bond motifs is 1. The van der Waals surface area contributed by atoms with Crippen molar-refractivity contribution in [3.8, 4) is 0 Å². The summed E-state index contributed by atoms with van der Waals surface area (Å²) in [7, 11) is 0. The largest absolute Gasteiger partial charge is 0.464 e. The minimum Gasteiger partial charge on any atom is -0.464 e. The number of rotatable bonds is 8. The predicted octanol–water partition coefficient (Wildman–Crippen LogP) is 3.79. The molecule has 0 bridgehead atoms. The number of carbonyl (C=O) groups is 2. The molecule has 134 valence electrons. The van der Waals surface area contributed by atoms with Gasteiger partial charge < -0.3 is 14.1 Å². The third-order valence-electron chi connectivity index (χ3n) is 4.77. The molecular formula is C19H22ClNO4. The van der Waals surface area contributed by atoms with Crippen LogP contribution in [0.5, 0.6) is 0 Å². The van der Waals surface area contributed by atoms with Gasteiger partial charge in [-0.1, -0.05) is 25.4 Å². The zero-order valence-electron chi connectivity index (χ0n) is 14.5. The first-order valence-corrected chi connectivity index (χ1v) is 9.02. The van der Waals surface area contributed by atoms with Gasteiger partial charge in [-0.15, -0.1) is 0 Å². The van der Waals surface area contributed by atoms with Gasteiger partial charge in [0, 0.05) is 23.4 Å². The Morgan fingerprint density at radius 2 is 2.04 bits per heavy atom. The second-order valence-electron chi connectivity index (χ2n) is 6.30. The maximum Gasteiger partial charge on any atom is 0.309 e. The van der Waals surface area contributed by atoms with Crippen molar-refractivity contribution in [2.75, 3.05) is 26.2 Å². The molecule has 5 nitrogen and oxygen atoms in total. The van der Waals surface area contributed by atoms with Crippen LogP contribution >= 0.6 is 11.6 Å². The van der Waals surface area contributed by atoms with Crippen molar-refractivity contribution in [3.63, 3.8) is 0 Å². The zero-order chi connectivity index (χ0) is 18.0. The van der Waals surface area contributed by atoms with E-state index in [0.29, 0.717) is 29.2 Å². The number of nitrogens with zero attached hydrogens (tertiary/aromatic N) is 1. The molecule has 0 spiro atoms. The molecule has 1 aliphatic carbocycles. The van der Waals surface area contributed by atoms with Crippen LogP contribution in [0.2, 0.25) is 5.02 Å². The summed E-state index contributed by atoms with van der Waals surface area (Å²) in [5, 5.41) is 1.19. The molecule has 0 N–H and O–H groups in total. The van der Waals surface area contributed by atoms with E-state index in [-0.39, 0.29) is 23.6 Å². The molecule has 3 rings (SSSR count). The van der Waals surface area contributed by atoms with E-state index in [4.69, 9.17) is 20.8 Å². The van der Waals surface area contributed by atoms with Crippen molar-refractivity contribution in [1.29, 1.82) is 0 Å². The number of carbonyl (C=O) groups excluding carboxylic acids is 2.